The second-order valence-corrected chi connectivity index (χ2v) is 11.4. The van der Waals surface area contributed by atoms with E-state index < -0.39 is 18.0 Å². The van der Waals surface area contributed by atoms with Gasteiger partial charge in [0.1, 0.15) is 0 Å². The molecule has 4 aromatic rings. The molecule has 8 nitrogen and oxygen atoms in total. The number of thiazole rings is 1. The number of halogens is 1. The van der Waals surface area contributed by atoms with Crippen LogP contribution in [0.3, 0.4) is 0 Å². The number of benzene rings is 3. The van der Waals surface area contributed by atoms with Crippen molar-refractivity contribution in [3.05, 3.63) is 124 Å². The summed E-state index contributed by atoms with van der Waals surface area (Å²) in [6, 6.07) is 21.0. The van der Waals surface area contributed by atoms with Gasteiger partial charge in [-0.05, 0) is 84.8 Å². The number of allylic oxidation sites excluding steroid dienone is 1. The van der Waals surface area contributed by atoms with Crippen LogP contribution in [-0.2, 0) is 9.53 Å². The Labute approximate surface area is 259 Å². The molecule has 1 aliphatic rings. The summed E-state index contributed by atoms with van der Waals surface area (Å²) in [4.78, 5) is 44.8. The average Bonchev–Trinajstić information content (AvgIpc) is 3.28. The van der Waals surface area contributed by atoms with Gasteiger partial charge in [0.15, 0.2) is 16.3 Å². The van der Waals surface area contributed by atoms with Crippen LogP contribution in [0.5, 0.6) is 11.5 Å². The van der Waals surface area contributed by atoms with Crippen molar-refractivity contribution in [1.82, 2.24) is 4.57 Å². The maximum atomic E-state index is 13.9. The second-order valence-electron chi connectivity index (χ2n) is 9.22. The van der Waals surface area contributed by atoms with Crippen molar-refractivity contribution in [2.45, 2.75) is 26.8 Å². The Bertz CT molecular complexity index is 1880. The van der Waals surface area contributed by atoms with Crippen LogP contribution in [0.2, 0.25) is 0 Å². The van der Waals surface area contributed by atoms with Crippen molar-refractivity contribution in [2.24, 2.45) is 4.99 Å². The third kappa shape index (κ3) is 5.95. The zero-order valence-electron chi connectivity index (χ0n) is 23.1. The van der Waals surface area contributed by atoms with Crippen LogP contribution in [0.1, 0.15) is 48.3 Å². The second kappa shape index (κ2) is 12.9. The minimum Gasteiger partial charge on any atom is -0.490 e. The molecule has 0 spiro atoms. The molecule has 1 atom stereocenters. The number of rotatable bonds is 8. The number of fused-ring (bicyclic) bond motifs is 1. The fraction of sp³-hybridized carbons (Fsp3) is 0.188. The molecule has 0 bridgehead atoms. The number of hydrogen-bond acceptors (Lipinski definition) is 8. The van der Waals surface area contributed by atoms with E-state index in [4.69, 9.17) is 14.2 Å². The van der Waals surface area contributed by atoms with Gasteiger partial charge in [-0.25, -0.2) is 14.6 Å². The van der Waals surface area contributed by atoms with Crippen LogP contribution < -0.4 is 24.4 Å². The predicted molar refractivity (Wildman–Crippen MR) is 169 cm³/mol. The minimum absolute atomic E-state index is 0.208. The van der Waals surface area contributed by atoms with Gasteiger partial charge in [-0.1, -0.05) is 59.9 Å². The number of carbonyl (C=O) groups is 2. The molecule has 2 heterocycles. The molecule has 0 amide bonds. The lowest BCUT2D eigenvalue weighted by Crippen LogP contribution is -2.39. The highest BCUT2D eigenvalue weighted by Gasteiger charge is 2.33. The standard InChI is InChI=1S/C32H27IN2O6S/c1-4-39-25-17-20(15-16-24(25)41-30(37)22-13-9-10-14-23(22)33)18-26-29(36)35-28(21-11-7-6-8-12-21)27(31(38)40-5-2)19(3)34-32(35)42-26/h6-18,28H,4-5H2,1-3H3. The van der Waals surface area contributed by atoms with E-state index in [1.165, 1.54) is 11.3 Å². The first-order chi connectivity index (χ1) is 20.3. The Kier molecular flexibility index (Phi) is 9.03. The smallest absolute Gasteiger partial charge is 0.344 e. The number of hydrogen-bond donors (Lipinski definition) is 0. The third-order valence-electron chi connectivity index (χ3n) is 6.49. The Morgan fingerprint density at radius 3 is 2.43 bits per heavy atom. The minimum atomic E-state index is -0.676. The zero-order chi connectivity index (χ0) is 29.8. The maximum absolute atomic E-state index is 13.9. The predicted octanol–water partition coefficient (Wildman–Crippen LogP) is 5.02. The molecule has 1 aliphatic heterocycles. The highest BCUT2D eigenvalue weighted by molar-refractivity contribution is 14.1. The summed E-state index contributed by atoms with van der Waals surface area (Å²) in [5, 5.41) is 0. The Hall–Kier alpha value is -4.03. The fourth-order valence-electron chi connectivity index (χ4n) is 4.64. The molecule has 1 unspecified atom stereocenters. The number of aromatic nitrogens is 1. The average molecular weight is 695 g/mol. The molecule has 214 valence electrons. The lowest BCUT2D eigenvalue weighted by molar-refractivity contribution is -0.139. The first kappa shape index (κ1) is 29.5. The highest BCUT2D eigenvalue weighted by atomic mass is 127. The molecule has 0 saturated heterocycles. The van der Waals surface area contributed by atoms with E-state index in [1.807, 2.05) is 49.4 Å². The monoisotopic (exact) mass is 694 g/mol. The van der Waals surface area contributed by atoms with Crippen molar-refractivity contribution in [3.8, 4) is 11.5 Å². The first-order valence-corrected chi connectivity index (χ1v) is 15.2. The molecule has 1 aromatic heterocycles. The first-order valence-electron chi connectivity index (χ1n) is 13.3. The molecule has 0 N–H and O–H groups in total. The van der Waals surface area contributed by atoms with E-state index in [0.29, 0.717) is 44.1 Å². The van der Waals surface area contributed by atoms with E-state index >= 15 is 0 Å². The Balaban J connectivity index is 1.56. The number of nitrogens with zero attached hydrogens (tertiary/aromatic N) is 2. The zero-order valence-corrected chi connectivity index (χ0v) is 26.1. The van der Waals surface area contributed by atoms with Crippen LogP contribution in [0, 0.1) is 3.57 Å². The van der Waals surface area contributed by atoms with Gasteiger partial charge in [-0.15, -0.1) is 0 Å². The van der Waals surface area contributed by atoms with Gasteiger partial charge in [-0.3, -0.25) is 9.36 Å². The quantitative estimate of drug-likeness (QED) is 0.146. The molecule has 3 aromatic carbocycles. The van der Waals surface area contributed by atoms with Gasteiger partial charge >= 0.3 is 11.9 Å². The van der Waals surface area contributed by atoms with Crippen LogP contribution >= 0.6 is 33.9 Å². The fourth-order valence-corrected chi connectivity index (χ4v) is 6.30. The molecule has 42 heavy (non-hydrogen) atoms. The van der Waals surface area contributed by atoms with Crippen LogP contribution in [0.4, 0.5) is 0 Å². The third-order valence-corrected chi connectivity index (χ3v) is 8.42. The molecular weight excluding hydrogens is 667 g/mol. The van der Waals surface area contributed by atoms with E-state index in [1.54, 1.807) is 54.8 Å². The highest BCUT2D eigenvalue weighted by Crippen LogP contribution is 2.32. The van der Waals surface area contributed by atoms with E-state index in [2.05, 4.69) is 27.6 Å². The van der Waals surface area contributed by atoms with Gasteiger partial charge in [0.2, 0.25) is 0 Å². The number of carbonyl (C=O) groups excluding carboxylic acids is 2. The largest absolute Gasteiger partial charge is 0.490 e. The van der Waals surface area contributed by atoms with Gasteiger partial charge in [0.05, 0.1) is 40.6 Å². The van der Waals surface area contributed by atoms with Gasteiger partial charge in [0.25, 0.3) is 5.56 Å². The summed E-state index contributed by atoms with van der Waals surface area (Å²) in [7, 11) is 0. The summed E-state index contributed by atoms with van der Waals surface area (Å²) in [6.45, 7) is 5.89. The van der Waals surface area contributed by atoms with Crippen molar-refractivity contribution in [1.29, 1.82) is 0 Å². The van der Waals surface area contributed by atoms with E-state index in [0.717, 1.165) is 9.13 Å². The maximum Gasteiger partial charge on any atom is 0.344 e. The summed E-state index contributed by atoms with van der Waals surface area (Å²) in [5.41, 5.74) is 2.47. The van der Waals surface area contributed by atoms with E-state index in [9.17, 15) is 14.4 Å². The lowest BCUT2D eigenvalue weighted by atomic mass is 9.96. The molecular formula is C32H27IN2O6S. The van der Waals surface area contributed by atoms with Gasteiger partial charge in [0, 0.05) is 3.57 Å². The van der Waals surface area contributed by atoms with Gasteiger partial charge < -0.3 is 14.2 Å². The molecule has 0 radical (unpaired) electrons. The van der Waals surface area contributed by atoms with Crippen LogP contribution in [-0.4, -0.2) is 29.7 Å². The molecule has 5 rings (SSSR count). The van der Waals surface area contributed by atoms with Crippen molar-refractivity contribution >= 4 is 51.9 Å². The Morgan fingerprint density at radius 1 is 0.976 bits per heavy atom. The van der Waals surface area contributed by atoms with Crippen molar-refractivity contribution in [2.75, 3.05) is 13.2 Å². The SMILES string of the molecule is CCOC(=O)C1=C(C)N=c2sc(=Cc3ccc(OC(=O)c4ccccc4I)c(OCC)c3)c(=O)n2C1c1ccccc1. The van der Waals surface area contributed by atoms with E-state index in [-0.39, 0.29) is 17.9 Å². The molecule has 10 heteroatoms. The number of ether oxygens (including phenoxy) is 3. The summed E-state index contributed by atoms with van der Waals surface area (Å²) in [5.74, 6) is -0.339. The number of esters is 2. The van der Waals surface area contributed by atoms with Crippen LogP contribution in [0.25, 0.3) is 6.08 Å². The molecule has 0 saturated carbocycles. The lowest BCUT2D eigenvalue weighted by Gasteiger charge is -2.24. The van der Waals surface area contributed by atoms with Crippen molar-refractivity contribution in [3.63, 3.8) is 0 Å². The normalized spacial score (nSPS) is 14.7. The molecule has 0 aliphatic carbocycles. The summed E-state index contributed by atoms with van der Waals surface area (Å²) in [6.07, 6.45) is 1.74. The Morgan fingerprint density at radius 2 is 1.71 bits per heavy atom. The summed E-state index contributed by atoms with van der Waals surface area (Å²) >= 11 is 3.32. The topological polar surface area (TPSA) is 96.2 Å². The van der Waals surface area contributed by atoms with Gasteiger partial charge in [-0.2, -0.15) is 0 Å². The molecule has 0 fully saturated rings. The van der Waals surface area contributed by atoms with Crippen LogP contribution in [0.15, 0.2) is 93.9 Å². The van der Waals surface area contributed by atoms with Crippen molar-refractivity contribution < 1.29 is 23.8 Å². The summed E-state index contributed by atoms with van der Waals surface area (Å²) < 4.78 is 19.6.